The van der Waals surface area contributed by atoms with E-state index in [1.807, 2.05) is 42.9 Å². The predicted octanol–water partition coefficient (Wildman–Crippen LogP) is 3.92. The first-order valence-corrected chi connectivity index (χ1v) is 13.1. The van der Waals surface area contributed by atoms with Crippen LogP contribution in [0.4, 0.5) is 0 Å². The zero-order valence-corrected chi connectivity index (χ0v) is 22.9. The number of aryl methyl sites for hydroxylation is 1. The van der Waals surface area contributed by atoms with Crippen LogP contribution in [0.1, 0.15) is 23.7 Å². The number of aromatic amines is 1. The van der Waals surface area contributed by atoms with Gasteiger partial charge in [-0.15, -0.1) is 0 Å². The van der Waals surface area contributed by atoms with Crippen LogP contribution in [0.3, 0.4) is 0 Å². The Hall–Kier alpha value is -3.05. The third-order valence-corrected chi connectivity index (χ3v) is 7.66. The van der Waals surface area contributed by atoms with Gasteiger partial charge in [-0.25, -0.2) is 4.98 Å². The van der Waals surface area contributed by atoms with E-state index in [1.165, 1.54) is 6.08 Å². The number of likely N-dealkylation sites (tertiary alicyclic amines) is 1. The van der Waals surface area contributed by atoms with E-state index < -0.39 is 0 Å². The quantitative estimate of drug-likeness (QED) is 0.258. The van der Waals surface area contributed by atoms with Crippen LogP contribution in [0.2, 0.25) is 0 Å². The molecule has 36 heavy (non-hydrogen) atoms. The molecule has 0 aliphatic carbocycles. The molecule has 0 bridgehead atoms. The lowest BCUT2D eigenvalue weighted by atomic mass is 9.95. The van der Waals surface area contributed by atoms with Gasteiger partial charge in [-0.05, 0) is 97.5 Å². The lowest BCUT2D eigenvalue weighted by molar-refractivity contribution is -0.130. The van der Waals surface area contributed by atoms with Crippen LogP contribution in [0.25, 0.3) is 32.9 Å². The second kappa shape index (κ2) is 9.78. The Morgan fingerprint density at radius 2 is 2.00 bits per heavy atom. The summed E-state index contributed by atoms with van der Waals surface area (Å²) in [5.41, 5.74) is 4.73. The van der Waals surface area contributed by atoms with Crippen molar-refractivity contribution in [3.8, 4) is 11.1 Å². The molecule has 1 fully saturated rings. The normalized spacial score (nSPS) is 14.1. The van der Waals surface area contributed by atoms with Crippen LogP contribution < -0.4 is 5.56 Å². The molecule has 0 saturated carbocycles. The van der Waals surface area contributed by atoms with Gasteiger partial charge in [0.1, 0.15) is 9.53 Å². The molecule has 8 nitrogen and oxygen atoms in total. The molecule has 0 radical (unpaired) electrons. The zero-order valence-electron chi connectivity index (χ0n) is 20.7. The summed E-state index contributed by atoms with van der Waals surface area (Å²) < 4.78 is 2.80. The number of nitrogens with zero attached hydrogens (tertiary/aromatic N) is 5. The Kier molecular flexibility index (Phi) is 6.69. The van der Waals surface area contributed by atoms with Gasteiger partial charge in [-0.1, -0.05) is 18.7 Å². The topological polar surface area (TPSA) is 87.1 Å². The van der Waals surface area contributed by atoms with E-state index in [0.29, 0.717) is 30.5 Å². The SMILES string of the molecule is C=CC(=O)N1CC(c2nc3ccc(-c4c(C)ccc5n[nH]c(I)c45)cc3c(=O)n2CCCN(C)C)C1. The fourth-order valence-electron chi connectivity index (χ4n) is 4.97. The molecule has 1 saturated heterocycles. The van der Waals surface area contributed by atoms with Gasteiger partial charge >= 0.3 is 0 Å². The van der Waals surface area contributed by atoms with Crippen molar-refractivity contribution >= 4 is 50.3 Å². The maximum absolute atomic E-state index is 13.9. The first-order chi connectivity index (χ1) is 17.3. The second-order valence-corrected chi connectivity index (χ2v) is 10.7. The number of rotatable bonds is 7. The highest BCUT2D eigenvalue weighted by atomic mass is 127. The minimum atomic E-state index is -0.0865. The number of hydrogen-bond donors (Lipinski definition) is 1. The van der Waals surface area contributed by atoms with Crippen molar-refractivity contribution in [2.24, 2.45) is 0 Å². The molecule has 4 aromatic rings. The molecular formula is C27H29IN6O2. The molecule has 5 rings (SSSR count). The van der Waals surface area contributed by atoms with Crippen molar-refractivity contribution in [3.63, 3.8) is 0 Å². The number of fused-ring (bicyclic) bond motifs is 2. The second-order valence-electron chi connectivity index (χ2n) is 9.65. The minimum absolute atomic E-state index is 0.0316. The van der Waals surface area contributed by atoms with Crippen LogP contribution in [0.5, 0.6) is 0 Å². The van der Waals surface area contributed by atoms with Gasteiger partial charge < -0.3 is 9.80 Å². The summed E-state index contributed by atoms with van der Waals surface area (Å²) in [5, 5.41) is 9.15. The minimum Gasteiger partial charge on any atom is -0.338 e. The van der Waals surface area contributed by atoms with Crippen molar-refractivity contribution < 1.29 is 4.79 Å². The Labute approximate surface area is 223 Å². The molecule has 1 aliphatic rings. The molecule has 2 aromatic carbocycles. The standard InChI is InChI=1S/C27H29IN6O2/c1-5-22(35)33-14-18(15-33)26-29-20-10-8-17(13-19(20)27(36)34(26)12-6-11-32(3)4)23-16(2)7-9-21-24(23)25(28)31-30-21/h5,7-10,13,18H,1,6,11-12,14-15H2,2-4H3,(H,30,31). The van der Waals surface area contributed by atoms with Gasteiger partial charge in [0.2, 0.25) is 5.91 Å². The van der Waals surface area contributed by atoms with Crippen molar-refractivity contribution in [2.45, 2.75) is 25.8 Å². The van der Waals surface area contributed by atoms with Crippen LogP contribution in [0, 0.1) is 10.6 Å². The number of aromatic nitrogens is 4. The summed E-state index contributed by atoms with van der Waals surface area (Å²) in [4.78, 5) is 34.7. The third kappa shape index (κ3) is 4.34. The Bertz CT molecular complexity index is 1550. The molecule has 0 unspecified atom stereocenters. The van der Waals surface area contributed by atoms with Crippen molar-refractivity contribution in [1.82, 2.24) is 29.5 Å². The Morgan fingerprint density at radius 3 is 2.72 bits per heavy atom. The molecule has 1 N–H and O–H groups in total. The molecule has 0 spiro atoms. The number of H-pyrrole nitrogens is 1. The summed E-state index contributed by atoms with van der Waals surface area (Å²) in [7, 11) is 4.05. The lowest BCUT2D eigenvalue weighted by Crippen LogP contribution is -2.49. The Balaban J connectivity index is 1.62. The number of benzene rings is 2. The van der Waals surface area contributed by atoms with Crippen LogP contribution in [-0.4, -0.2) is 69.2 Å². The number of amides is 1. The van der Waals surface area contributed by atoms with Crippen LogP contribution >= 0.6 is 22.6 Å². The number of nitrogens with one attached hydrogen (secondary N) is 1. The highest BCUT2D eigenvalue weighted by Crippen LogP contribution is 2.35. The van der Waals surface area contributed by atoms with Crippen molar-refractivity contribution in [2.75, 3.05) is 33.7 Å². The van der Waals surface area contributed by atoms with Gasteiger partial charge in [0.05, 0.1) is 22.3 Å². The summed E-state index contributed by atoms with van der Waals surface area (Å²) >= 11 is 2.27. The first kappa shape index (κ1) is 24.6. The number of halogens is 1. The monoisotopic (exact) mass is 596 g/mol. The molecule has 3 heterocycles. The smallest absolute Gasteiger partial charge is 0.261 e. The van der Waals surface area contributed by atoms with Gasteiger partial charge in [0, 0.05) is 25.0 Å². The number of carbonyl (C=O) groups is 1. The molecular weight excluding hydrogens is 567 g/mol. The maximum Gasteiger partial charge on any atom is 0.261 e. The first-order valence-electron chi connectivity index (χ1n) is 12.0. The molecule has 186 valence electrons. The number of hydrogen-bond acceptors (Lipinski definition) is 5. The zero-order chi connectivity index (χ0) is 25.6. The van der Waals surface area contributed by atoms with Gasteiger partial charge in [0.15, 0.2) is 0 Å². The molecule has 1 aliphatic heterocycles. The average Bonchev–Trinajstić information content (AvgIpc) is 3.20. The average molecular weight is 596 g/mol. The predicted molar refractivity (Wildman–Crippen MR) is 151 cm³/mol. The maximum atomic E-state index is 13.9. The van der Waals surface area contributed by atoms with Gasteiger partial charge in [-0.2, -0.15) is 5.10 Å². The molecule has 9 heteroatoms. The molecule has 0 atom stereocenters. The van der Waals surface area contributed by atoms with Crippen LogP contribution in [0.15, 0.2) is 47.8 Å². The Morgan fingerprint density at radius 1 is 1.25 bits per heavy atom. The van der Waals surface area contributed by atoms with Crippen molar-refractivity contribution in [1.29, 1.82) is 0 Å². The van der Waals surface area contributed by atoms with Crippen LogP contribution in [-0.2, 0) is 11.3 Å². The lowest BCUT2D eigenvalue weighted by Gasteiger charge is -2.39. The number of carbonyl (C=O) groups excluding carboxylic acids is 1. The summed E-state index contributed by atoms with van der Waals surface area (Å²) in [6.45, 7) is 8.21. The fourth-order valence-corrected chi connectivity index (χ4v) is 5.63. The molecule has 1 amide bonds. The van der Waals surface area contributed by atoms with E-state index in [1.54, 1.807) is 4.90 Å². The fraction of sp³-hybridized carbons (Fsp3) is 0.333. The summed E-state index contributed by atoms with van der Waals surface area (Å²) in [6.07, 6.45) is 2.17. The van der Waals surface area contributed by atoms with E-state index in [0.717, 1.165) is 50.1 Å². The van der Waals surface area contributed by atoms with E-state index >= 15 is 0 Å². The largest absolute Gasteiger partial charge is 0.338 e. The highest BCUT2D eigenvalue weighted by Gasteiger charge is 2.34. The van der Waals surface area contributed by atoms with E-state index in [4.69, 9.17) is 4.98 Å². The third-order valence-electron chi connectivity index (χ3n) is 6.88. The van der Waals surface area contributed by atoms with Gasteiger partial charge in [-0.3, -0.25) is 19.3 Å². The van der Waals surface area contributed by atoms with E-state index in [2.05, 4.69) is 57.3 Å². The van der Waals surface area contributed by atoms with E-state index in [9.17, 15) is 9.59 Å². The van der Waals surface area contributed by atoms with E-state index in [-0.39, 0.29) is 17.4 Å². The van der Waals surface area contributed by atoms with Gasteiger partial charge in [0.25, 0.3) is 5.56 Å². The molecule has 2 aromatic heterocycles. The summed E-state index contributed by atoms with van der Waals surface area (Å²) in [6, 6.07) is 10.0. The highest BCUT2D eigenvalue weighted by molar-refractivity contribution is 14.1. The van der Waals surface area contributed by atoms with Crippen molar-refractivity contribution in [3.05, 3.63) is 68.4 Å². The summed E-state index contributed by atoms with van der Waals surface area (Å²) in [5.74, 6) is 0.708.